The predicted molar refractivity (Wildman–Crippen MR) is 84.5 cm³/mol. The van der Waals surface area contributed by atoms with Crippen molar-refractivity contribution in [2.45, 2.75) is 45.1 Å². The lowest BCUT2D eigenvalue weighted by molar-refractivity contribution is -0.199. The molecule has 10 nitrogen and oxygen atoms in total. The summed E-state index contributed by atoms with van der Waals surface area (Å²) < 4.78 is 0. The number of nitrogens with one attached hydrogen (secondary N) is 1. The van der Waals surface area contributed by atoms with Crippen LogP contribution in [0, 0.1) is 0 Å². The highest BCUT2D eigenvalue weighted by Crippen LogP contribution is 2.13. The van der Waals surface area contributed by atoms with Gasteiger partial charge in [-0.25, -0.2) is 4.79 Å². The maximum Gasteiger partial charge on any atom is 0.355 e. The van der Waals surface area contributed by atoms with Gasteiger partial charge in [0.2, 0.25) is 5.91 Å². The van der Waals surface area contributed by atoms with Crippen LogP contribution in [0.5, 0.6) is 0 Å². The number of rotatable bonds is 8. The highest BCUT2D eigenvalue weighted by molar-refractivity contribution is 6.12. The van der Waals surface area contributed by atoms with Gasteiger partial charge in [0.05, 0.1) is 0 Å². The number of carbonyl (C=O) groups excluding carboxylic acids is 6. The average molecular weight is 365 g/mol. The number of amides is 5. The zero-order chi connectivity index (χ0) is 19.3. The van der Waals surface area contributed by atoms with Gasteiger partial charge in [0.15, 0.2) is 0 Å². The first-order chi connectivity index (χ1) is 12.3. The molecule has 26 heavy (non-hydrogen) atoms. The van der Waals surface area contributed by atoms with E-state index in [9.17, 15) is 28.8 Å². The maximum absolute atomic E-state index is 12.0. The Kier molecular flexibility index (Phi) is 6.21. The second-order valence-corrected chi connectivity index (χ2v) is 5.79. The molecule has 2 aliphatic heterocycles. The molecule has 0 bridgehead atoms. The van der Waals surface area contributed by atoms with Gasteiger partial charge in [0.1, 0.15) is 6.04 Å². The molecule has 1 saturated heterocycles. The van der Waals surface area contributed by atoms with Gasteiger partial charge in [-0.3, -0.25) is 28.9 Å². The van der Waals surface area contributed by atoms with Crippen molar-refractivity contribution in [1.82, 2.24) is 15.3 Å². The molecule has 0 unspecified atom stereocenters. The van der Waals surface area contributed by atoms with Crippen LogP contribution < -0.4 is 5.32 Å². The number of nitrogens with zero attached hydrogens (tertiary/aromatic N) is 2. The second kappa shape index (κ2) is 8.37. The van der Waals surface area contributed by atoms with Crippen molar-refractivity contribution in [3.63, 3.8) is 0 Å². The fourth-order valence-electron chi connectivity index (χ4n) is 2.45. The molecule has 1 fully saturated rings. The second-order valence-electron chi connectivity index (χ2n) is 5.79. The molecule has 5 amide bonds. The van der Waals surface area contributed by atoms with Crippen LogP contribution in [0.2, 0.25) is 0 Å². The SMILES string of the molecule is CC[C@H](NC(=O)CCCN1C(=O)C=CC1=O)C(=O)ON1C(=O)CCC1=O. The highest BCUT2D eigenvalue weighted by atomic mass is 16.7. The number of hydrogen-bond acceptors (Lipinski definition) is 7. The molecule has 2 heterocycles. The molecule has 1 atom stereocenters. The molecule has 10 heteroatoms. The van der Waals surface area contributed by atoms with Gasteiger partial charge < -0.3 is 10.2 Å². The third-order valence-electron chi connectivity index (χ3n) is 3.90. The summed E-state index contributed by atoms with van der Waals surface area (Å²) in [4.78, 5) is 75.5. The Bertz CT molecular complexity index is 651. The standard InChI is InChI=1S/C16H19N3O7/c1-2-10(16(25)26-19-14(23)7-8-15(19)24)17-11(20)4-3-9-18-12(21)5-6-13(18)22/h5-6,10H,2-4,7-9H2,1H3,(H,17,20)/t10-/m0/s1. The zero-order valence-corrected chi connectivity index (χ0v) is 14.2. The molecule has 140 valence electrons. The van der Waals surface area contributed by atoms with Crippen LogP contribution in [0.1, 0.15) is 39.0 Å². The van der Waals surface area contributed by atoms with E-state index in [1.807, 2.05) is 0 Å². The number of hydrogen-bond donors (Lipinski definition) is 1. The molecule has 0 aromatic rings. The molecule has 0 radical (unpaired) electrons. The summed E-state index contributed by atoms with van der Waals surface area (Å²) in [6.07, 6.45) is 2.71. The average Bonchev–Trinajstić information content (AvgIpc) is 3.09. The van der Waals surface area contributed by atoms with Crippen molar-refractivity contribution >= 4 is 35.5 Å². The van der Waals surface area contributed by atoms with Crippen LogP contribution in [-0.2, 0) is 33.6 Å². The largest absolute Gasteiger partial charge is 0.355 e. The van der Waals surface area contributed by atoms with Gasteiger partial charge in [0, 0.05) is 38.0 Å². The minimum Gasteiger partial charge on any atom is -0.343 e. The topological polar surface area (TPSA) is 130 Å². The first kappa shape index (κ1) is 19.3. The Morgan fingerprint density at radius 1 is 1.12 bits per heavy atom. The Balaban J connectivity index is 1.77. The minimum atomic E-state index is -1.01. The van der Waals surface area contributed by atoms with Crippen LogP contribution in [0.15, 0.2) is 12.2 Å². The highest BCUT2D eigenvalue weighted by Gasteiger charge is 2.34. The lowest BCUT2D eigenvalue weighted by Gasteiger charge is -2.19. The van der Waals surface area contributed by atoms with E-state index in [-0.39, 0.29) is 38.6 Å². The predicted octanol–water partition coefficient (Wildman–Crippen LogP) is -0.806. The van der Waals surface area contributed by atoms with E-state index in [2.05, 4.69) is 5.32 Å². The Morgan fingerprint density at radius 3 is 2.23 bits per heavy atom. The molecule has 0 aromatic heterocycles. The van der Waals surface area contributed by atoms with Gasteiger partial charge in [-0.1, -0.05) is 6.92 Å². The minimum absolute atomic E-state index is 0.0115. The van der Waals surface area contributed by atoms with Crippen molar-refractivity contribution in [3.05, 3.63) is 12.2 Å². The molecular weight excluding hydrogens is 346 g/mol. The van der Waals surface area contributed by atoms with Gasteiger partial charge in [-0.05, 0) is 12.8 Å². The van der Waals surface area contributed by atoms with Crippen LogP contribution in [-0.4, -0.2) is 58.1 Å². The molecule has 2 rings (SSSR count). The lowest BCUT2D eigenvalue weighted by Crippen LogP contribution is -2.45. The summed E-state index contributed by atoms with van der Waals surface area (Å²) in [5.74, 6) is -3.43. The van der Waals surface area contributed by atoms with Crippen molar-refractivity contribution in [3.8, 4) is 0 Å². The fraction of sp³-hybridized carbons (Fsp3) is 0.500. The maximum atomic E-state index is 12.0. The van der Waals surface area contributed by atoms with E-state index in [4.69, 9.17) is 4.84 Å². The van der Waals surface area contributed by atoms with E-state index in [1.54, 1.807) is 6.92 Å². The first-order valence-corrected chi connectivity index (χ1v) is 8.24. The number of hydroxylamine groups is 2. The van der Waals surface area contributed by atoms with E-state index in [0.29, 0.717) is 5.06 Å². The van der Waals surface area contributed by atoms with Crippen LogP contribution in [0.4, 0.5) is 0 Å². The van der Waals surface area contributed by atoms with Crippen molar-refractivity contribution in [2.75, 3.05) is 6.54 Å². The van der Waals surface area contributed by atoms with Crippen molar-refractivity contribution in [2.24, 2.45) is 0 Å². The molecule has 0 saturated carbocycles. The van der Waals surface area contributed by atoms with Crippen LogP contribution >= 0.6 is 0 Å². The van der Waals surface area contributed by atoms with Crippen LogP contribution in [0.25, 0.3) is 0 Å². The summed E-state index contributed by atoms with van der Waals surface area (Å²) in [5, 5.41) is 2.88. The summed E-state index contributed by atoms with van der Waals surface area (Å²) in [7, 11) is 0. The Labute approximate surface area is 149 Å². The van der Waals surface area contributed by atoms with Gasteiger partial charge >= 0.3 is 5.97 Å². The molecule has 2 aliphatic rings. The van der Waals surface area contributed by atoms with Gasteiger partial charge in [-0.2, -0.15) is 0 Å². The quantitative estimate of drug-likeness (QED) is 0.557. The normalized spacial score (nSPS) is 17.9. The summed E-state index contributed by atoms with van der Waals surface area (Å²) >= 11 is 0. The van der Waals surface area contributed by atoms with Gasteiger partial charge in [-0.15, -0.1) is 5.06 Å². The van der Waals surface area contributed by atoms with E-state index in [1.165, 1.54) is 0 Å². The van der Waals surface area contributed by atoms with Crippen molar-refractivity contribution < 1.29 is 33.6 Å². The summed E-state index contributed by atoms with van der Waals surface area (Å²) in [5.41, 5.74) is 0. The van der Waals surface area contributed by atoms with E-state index < -0.39 is 41.5 Å². The van der Waals surface area contributed by atoms with Crippen LogP contribution in [0.3, 0.4) is 0 Å². The Morgan fingerprint density at radius 2 is 1.69 bits per heavy atom. The number of imide groups is 2. The molecule has 1 N–H and O–H groups in total. The third kappa shape index (κ3) is 4.52. The lowest BCUT2D eigenvalue weighted by atomic mass is 10.2. The van der Waals surface area contributed by atoms with E-state index >= 15 is 0 Å². The molecular formula is C16H19N3O7. The number of carbonyl (C=O) groups is 6. The van der Waals surface area contributed by atoms with Crippen molar-refractivity contribution in [1.29, 1.82) is 0 Å². The monoisotopic (exact) mass is 365 g/mol. The molecule has 0 spiro atoms. The van der Waals surface area contributed by atoms with Gasteiger partial charge in [0.25, 0.3) is 23.6 Å². The third-order valence-corrected chi connectivity index (χ3v) is 3.90. The smallest absolute Gasteiger partial charge is 0.343 e. The first-order valence-electron chi connectivity index (χ1n) is 8.24. The van der Waals surface area contributed by atoms with E-state index in [0.717, 1.165) is 17.1 Å². The fourth-order valence-corrected chi connectivity index (χ4v) is 2.45. The molecule has 0 aliphatic carbocycles. The zero-order valence-electron chi connectivity index (χ0n) is 14.2. The summed E-state index contributed by atoms with van der Waals surface area (Å²) in [6.45, 7) is 1.73. The summed E-state index contributed by atoms with van der Waals surface area (Å²) in [6, 6.07) is -1.01. The Hall–Kier alpha value is -3.04. The molecule has 0 aromatic carbocycles.